The summed E-state index contributed by atoms with van der Waals surface area (Å²) >= 11 is 6.68. The molecule has 0 unspecified atom stereocenters. The predicted octanol–water partition coefficient (Wildman–Crippen LogP) is 4.61. The van der Waals surface area contributed by atoms with Crippen molar-refractivity contribution in [3.63, 3.8) is 0 Å². The first kappa shape index (κ1) is 9.96. The molecule has 1 rings (SSSR count). The Kier molecular flexibility index (Phi) is 4.99. The summed E-state index contributed by atoms with van der Waals surface area (Å²) in [4.78, 5) is 0. The zero-order valence-corrected chi connectivity index (χ0v) is 10.3. The van der Waals surface area contributed by atoms with Crippen LogP contribution in [-0.2, 0) is 0 Å². The Hall–Kier alpha value is 0.880. The van der Waals surface area contributed by atoms with Crippen LogP contribution in [0, 0.1) is 4.58 Å². The normalized spacial score (nSPS) is 10.5. The highest BCUT2D eigenvalue weighted by molar-refractivity contribution is 9.54. The van der Waals surface area contributed by atoms with E-state index in [4.69, 9.17) is 0 Å². The Morgan fingerprint density at radius 3 is 2.00 bits per heavy atom. The van der Waals surface area contributed by atoms with E-state index in [1.165, 1.54) is 10.1 Å². The molecule has 0 amide bonds. The van der Waals surface area contributed by atoms with Crippen LogP contribution in [0.15, 0.2) is 30.3 Å². The lowest BCUT2D eigenvalue weighted by Crippen LogP contribution is -1.82. The van der Waals surface area contributed by atoms with Gasteiger partial charge in [-0.05, 0) is 35.2 Å². The summed E-state index contributed by atoms with van der Waals surface area (Å²) in [5, 5.41) is 0. The first-order chi connectivity index (χ1) is 5.38. The van der Waals surface area contributed by atoms with E-state index in [-0.39, 0.29) is 0 Å². The van der Waals surface area contributed by atoms with Crippen LogP contribution < -0.4 is 0 Å². The topological polar surface area (TPSA) is 0 Å². The third-order valence-corrected chi connectivity index (χ3v) is 5.63. The quantitative estimate of drug-likeness (QED) is 0.799. The third-order valence-electron chi connectivity index (χ3n) is 1.15. The monoisotopic (exact) mass is 311 g/mol. The SMILES string of the molecule is BrS[C](SBr)c1ccccc1. The van der Waals surface area contributed by atoms with Crippen LogP contribution in [0.3, 0.4) is 0 Å². The van der Waals surface area contributed by atoms with E-state index in [0.717, 1.165) is 0 Å². The molecule has 0 aliphatic carbocycles. The summed E-state index contributed by atoms with van der Waals surface area (Å²) in [6.07, 6.45) is 0. The third kappa shape index (κ3) is 3.01. The second kappa shape index (κ2) is 5.51. The van der Waals surface area contributed by atoms with E-state index in [1.54, 1.807) is 20.4 Å². The van der Waals surface area contributed by atoms with Crippen molar-refractivity contribution in [2.24, 2.45) is 0 Å². The average molecular weight is 313 g/mol. The van der Waals surface area contributed by atoms with Crippen LogP contribution in [0.5, 0.6) is 0 Å². The van der Waals surface area contributed by atoms with Crippen LogP contribution in [0.4, 0.5) is 0 Å². The fraction of sp³-hybridized carbons (Fsp3) is 0. The Labute approximate surface area is 89.9 Å². The minimum atomic E-state index is 1.21. The van der Waals surface area contributed by atoms with Gasteiger partial charge >= 0.3 is 0 Å². The van der Waals surface area contributed by atoms with Crippen molar-refractivity contribution in [1.29, 1.82) is 0 Å². The van der Waals surface area contributed by atoms with E-state index in [2.05, 4.69) is 41.8 Å². The molecule has 0 heterocycles. The molecule has 0 saturated carbocycles. The summed E-state index contributed by atoms with van der Waals surface area (Å²) in [6, 6.07) is 10.2. The van der Waals surface area contributed by atoms with E-state index < -0.39 is 0 Å². The molecule has 0 fully saturated rings. The lowest BCUT2D eigenvalue weighted by molar-refractivity contribution is 1.57. The van der Waals surface area contributed by atoms with Gasteiger partial charge in [0.05, 0.1) is 0 Å². The van der Waals surface area contributed by atoms with Crippen LogP contribution >= 0.6 is 50.0 Å². The number of hydrogen-bond donors (Lipinski definition) is 0. The summed E-state index contributed by atoms with van der Waals surface area (Å²) < 4.78 is 1.21. The first-order valence-corrected chi connectivity index (χ1v) is 8.20. The molecule has 1 aromatic rings. The average Bonchev–Trinajstić information content (AvgIpc) is 2.09. The van der Waals surface area contributed by atoms with Gasteiger partial charge in [-0.2, -0.15) is 0 Å². The number of hydrogen-bond acceptors (Lipinski definition) is 2. The van der Waals surface area contributed by atoms with Crippen molar-refractivity contribution < 1.29 is 0 Å². The number of rotatable bonds is 3. The van der Waals surface area contributed by atoms with Gasteiger partial charge in [-0.3, -0.25) is 0 Å². The van der Waals surface area contributed by atoms with Crippen LogP contribution in [0.25, 0.3) is 0 Å². The molecule has 0 spiro atoms. The molecule has 0 aliphatic rings. The molecule has 0 N–H and O–H groups in total. The van der Waals surface area contributed by atoms with E-state index in [9.17, 15) is 0 Å². The highest BCUT2D eigenvalue weighted by Crippen LogP contribution is 2.44. The molecule has 0 nitrogen and oxygen atoms in total. The van der Waals surface area contributed by atoms with Gasteiger partial charge in [0.2, 0.25) is 0 Å². The minimum Gasteiger partial charge on any atom is -0.0622 e. The van der Waals surface area contributed by atoms with Crippen LogP contribution in [0.2, 0.25) is 0 Å². The molecule has 0 saturated heterocycles. The second-order valence-electron chi connectivity index (χ2n) is 1.81. The lowest BCUT2D eigenvalue weighted by Gasteiger charge is -2.06. The molecule has 59 valence electrons. The molecule has 0 atom stereocenters. The lowest BCUT2D eigenvalue weighted by atomic mass is 10.2. The first-order valence-electron chi connectivity index (χ1n) is 2.88. The second-order valence-corrected chi connectivity index (χ2v) is 5.13. The van der Waals surface area contributed by atoms with E-state index >= 15 is 0 Å². The van der Waals surface area contributed by atoms with Crippen molar-refractivity contribution in [1.82, 2.24) is 0 Å². The van der Waals surface area contributed by atoms with Gasteiger partial charge in [-0.15, -0.1) is 0 Å². The van der Waals surface area contributed by atoms with E-state index in [1.807, 2.05) is 18.2 Å². The molecular weight excluding hydrogens is 308 g/mol. The summed E-state index contributed by atoms with van der Waals surface area (Å²) in [6.45, 7) is 0. The summed E-state index contributed by atoms with van der Waals surface area (Å²) in [7, 11) is 3.14. The molecule has 1 aromatic carbocycles. The van der Waals surface area contributed by atoms with Crippen LogP contribution in [-0.4, -0.2) is 0 Å². The molecule has 0 bridgehead atoms. The molecular formula is C7H5Br2S2. The van der Waals surface area contributed by atoms with Crippen LogP contribution in [0.1, 0.15) is 5.56 Å². The zero-order chi connectivity index (χ0) is 8.10. The van der Waals surface area contributed by atoms with Gasteiger partial charge in [-0.1, -0.05) is 50.7 Å². The standard InChI is InChI=1S/C7H5Br2S2/c8-10-7(11-9)6-4-2-1-3-5-6/h1-5H. The van der Waals surface area contributed by atoms with Crippen molar-refractivity contribution in [3.05, 3.63) is 40.5 Å². The maximum Gasteiger partial charge on any atom is 0.137 e. The summed E-state index contributed by atoms with van der Waals surface area (Å²) in [5.41, 5.74) is 1.23. The molecule has 1 radical (unpaired) electrons. The van der Waals surface area contributed by atoms with Gasteiger partial charge in [-0.25, -0.2) is 0 Å². The van der Waals surface area contributed by atoms with Crippen molar-refractivity contribution >= 4 is 50.0 Å². The maximum atomic E-state index is 3.34. The van der Waals surface area contributed by atoms with Crippen molar-refractivity contribution in [2.45, 2.75) is 0 Å². The van der Waals surface area contributed by atoms with Gasteiger partial charge < -0.3 is 0 Å². The highest BCUT2D eigenvalue weighted by atomic mass is 79.9. The molecule has 11 heavy (non-hydrogen) atoms. The fourth-order valence-corrected chi connectivity index (χ4v) is 5.13. The molecule has 0 aromatic heterocycles. The smallest absolute Gasteiger partial charge is 0.0622 e. The fourth-order valence-electron chi connectivity index (χ4n) is 0.675. The predicted molar refractivity (Wildman–Crippen MR) is 61.8 cm³/mol. The highest BCUT2D eigenvalue weighted by Gasteiger charge is 2.09. The maximum absolute atomic E-state index is 3.34. The van der Waals surface area contributed by atoms with Gasteiger partial charge in [0.15, 0.2) is 0 Å². The van der Waals surface area contributed by atoms with Gasteiger partial charge in [0.25, 0.3) is 0 Å². The molecule has 4 heteroatoms. The minimum absolute atomic E-state index is 1.21. The Balaban J connectivity index is 2.74. The Morgan fingerprint density at radius 1 is 1.00 bits per heavy atom. The van der Waals surface area contributed by atoms with Gasteiger partial charge in [0, 0.05) is 0 Å². The van der Waals surface area contributed by atoms with Crippen molar-refractivity contribution in [2.75, 3.05) is 0 Å². The summed E-state index contributed by atoms with van der Waals surface area (Å²) in [5.74, 6) is 0. The van der Waals surface area contributed by atoms with E-state index in [0.29, 0.717) is 0 Å². The number of halogens is 2. The Morgan fingerprint density at radius 2 is 1.55 bits per heavy atom. The van der Waals surface area contributed by atoms with Gasteiger partial charge in [0.1, 0.15) is 4.58 Å². The van der Waals surface area contributed by atoms with Crippen molar-refractivity contribution in [3.8, 4) is 0 Å². The molecule has 0 aliphatic heterocycles. The largest absolute Gasteiger partial charge is 0.137 e. The Bertz CT molecular complexity index is 199. The number of benzene rings is 1. The zero-order valence-electron chi connectivity index (χ0n) is 5.46.